The van der Waals surface area contributed by atoms with Crippen molar-refractivity contribution >= 4 is 5.78 Å². The summed E-state index contributed by atoms with van der Waals surface area (Å²) in [6, 6.07) is 0. The molecule has 9 heavy (non-hydrogen) atoms. The van der Waals surface area contributed by atoms with Gasteiger partial charge < -0.3 is 4.74 Å². The van der Waals surface area contributed by atoms with Crippen molar-refractivity contribution in [2.45, 2.75) is 19.8 Å². The van der Waals surface area contributed by atoms with Gasteiger partial charge in [-0.3, -0.25) is 4.79 Å². The van der Waals surface area contributed by atoms with Gasteiger partial charge in [-0.2, -0.15) is 0 Å². The number of carbonyl (C=O) groups is 1. The van der Waals surface area contributed by atoms with Crippen LogP contribution in [0.15, 0.2) is 11.8 Å². The van der Waals surface area contributed by atoms with Crippen LogP contribution in [0.2, 0.25) is 0 Å². The molecule has 0 unspecified atom stereocenters. The van der Waals surface area contributed by atoms with E-state index in [9.17, 15) is 4.79 Å². The van der Waals surface area contributed by atoms with Crippen LogP contribution in [0.5, 0.6) is 0 Å². The number of hydrogen-bond acceptors (Lipinski definition) is 2. The molecule has 0 fully saturated rings. The second kappa shape index (κ2) is 2.67. The van der Waals surface area contributed by atoms with E-state index in [4.69, 9.17) is 4.74 Å². The summed E-state index contributed by atoms with van der Waals surface area (Å²) in [6.07, 6.45) is 3.34. The molecular weight excluding hydrogens is 116 g/mol. The standard InChI is InChI=1S/C7H10O2/c1-2-9-7-5-3-4-6(7)8/h5H,2-4H2,1H3. The van der Waals surface area contributed by atoms with Gasteiger partial charge in [-0.25, -0.2) is 0 Å². The van der Waals surface area contributed by atoms with Crippen LogP contribution in [-0.4, -0.2) is 12.4 Å². The predicted molar refractivity (Wildman–Crippen MR) is 33.9 cm³/mol. The molecule has 0 aliphatic heterocycles. The molecule has 0 saturated carbocycles. The first-order valence-corrected chi connectivity index (χ1v) is 3.20. The summed E-state index contributed by atoms with van der Waals surface area (Å²) >= 11 is 0. The predicted octanol–water partition coefficient (Wildman–Crippen LogP) is 1.27. The van der Waals surface area contributed by atoms with E-state index >= 15 is 0 Å². The van der Waals surface area contributed by atoms with Crippen molar-refractivity contribution in [1.29, 1.82) is 0 Å². The van der Waals surface area contributed by atoms with E-state index in [2.05, 4.69) is 0 Å². The molecule has 0 aromatic rings. The highest BCUT2D eigenvalue weighted by Gasteiger charge is 2.14. The first-order chi connectivity index (χ1) is 4.34. The average molecular weight is 126 g/mol. The van der Waals surface area contributed by atoms with Crippen molar-refractivity contribution in [2.24, 2.45) is 0 Å². The van der Waals surface area contributed by atoms with Crippen molar-refractivity contribution in [3.8, 4) is 0 Å². The smallest absolute Gasteiger partial charge is 0.197 e. The second-order valence-electron chi connectivity index (χ2n) is 1.96. The zero-order valence-corrected chi connectivity index (χ0v) is 5.52. The Balaban J connectivity index is 2.47. The fraction of sp³-hybridized carbons (Fsp3) is 0.571. The van der Waals surface area contributed by atoms with Gasteiger partial charge in [0.25, 0.3) is 0 Å². The fourth-order valence-electron chi connectivity index (χ4n) is 0.866. The molecule has 2 nitrogen and oxygen atoms in total. The number of ether oxygens (including phenoxy) is 1. The third kappa shape index (κ3) is 1.31. The SMILES string of the molecule is CCOC1=CCCC1=O. The minimum atomic E-state index is 0.150. The van der Waals surface area contributed by atoms with Gasteiger partial charge in [0.1, 0.15) is 0 Å². The van der Waals surface area contributed by atoms with Crippen LogP contribution in [0.25, 0.3) is 0 Å². The molecule has 0 bridgehead atoms. The average Bonchev–Trinajstić information content (AvgIpc) is 2.18. The van der Waals surface area contributed by atoms with Gasteiger partial charge >= 0.3 is 0 Å². The van der Waals surface area contributed by atoms with Crippen molar-refractivity contribution in [2.75, 3.05) is 6.61 Å². The number of rotatable bonds is 2. The van der Waals surface area contributed by atoms with Crippen LogP contribution in [0.3, 0.4) is 0 Å². The van der Waals surface area contributed by atoms with Gasteiger partial charge in [-0.15, -0.1) is 0 Å². The Morgan fingerprint density at radius 1 is 1.78 bits per heavy atom. The molecule has 0 saturated heterocycles. The van der Waals surface area contributed by atoms with Crippen molar-refractivity contribution in [1.82, 2.24) is 0 Å². The van der Waals surface area contributed by atoms with Gasteiger partial charge in [0.15, 0.2) is 11.5 Å². The van der Waals surface area contributed by atoms with Crippen LogP contribution in [0.4, 0.5) is 0 Å². The number of hydrogen-bond donors (Lipinski definition) is 0. The van der Waals surface area contributed by atoms with E-state index in [1.807, 2.05) is 13.0 Å². The lowest BCUT2D eigenvalue weighted by Gasteiger charge is -1.99. The third-order valence-electron chi connectivity index (χ3n) is 1.28. The monoisotopic (exact) mass is 126 g/mol. The maximum Gasteiger partial charge on any atom is 0.197 e. The molecule has 0 radical (unpaired) electrons. The quantitative estimate of drug-likeness (QED) is 0.557. The largest absolute Gasteiger partial charge is 0.490 e. The minimum absolute atomic E-state index is 0.150. The summed E-state index contributed by atoms with van der Waals surface area (Å²) in [7, 11) is 0. The third-order valence-corrected chi connectivity index (χ3v) is 1.28. The molecule has 0 spiro atoms. The summed E-state index contributed by atoms with van der Waals surface area (Å²) in [6.45, 7) is 2.48. The Kier molecular flexibility index (Phi) is 1.88. The van der Waals surface area contributed by atoms with E-state index in [1.165, 1.54) is 0 Å². The molecule has 1 aliphatic carbocycles. The Hall–Kier alpha value is -0.790. The number of carbonyl (C=O) groups excluding carboxylic acids is 1. The van der Waals surface area contributed by atoms with Gasteiger partial charge in [-0.05, 0) is 19.4 Å². The van der Waals surface area contributed by atoms with Crippen LogP contribution >= 0.6 is 0 Å². The first-order valence-electron chi connectivity index (χ1n) is 3.20. The Bertz CT molecular complexity index is 147. The van der Waals surface area contributed by atoms with Gasteiger partial charge in [-0.1, -0.05) is 0 Å². The lowest BCUT2D eigenvalue weighted by Crippen LogP contribution is -1.99. The molecule has 0 heterocycles. The highest BCUT2D eigenvalue weighted by molar-refractivity contribution is 5.95. The topological polar surface area (TPSA) is 26.3 Å². The van der Waals surface area contributed by atoms with E-state index in [1.54, 1.807) is 0 Å². The maximum absolute atomic E-state index is 10.8. The van der Waals surface area contributed by atoms with Crippen molar-refractivity contribution < 1.29 is 9.53 Å². The summed E-state index contributed by atoms with van der Waals surface area (Å²) in [5, 5.41) is 0. The van der Waals surface area contributed by atoms with Gasteiger partial charge in [0, 0.05) is 6.42 Å². The maximum atomic E-state index is 10.8. The molecule has 0 aromatic carbocycles. The molecule has 50 valence electrons. The lowest BCUT2D eigenvalue weighted by molar-refractivity contribution is -0.117. The fourth-order valence-corrected chi connectivity index (χ4v) is 0.866. The molecule has 0 atom stereocenters. The van der Waals surface area contributed by atoms with Crippen LogP contribution in [0.1, 0.15) is 19.8 Å². The highest BCUT2D eigenvalue weighted by Crippen LogP contribution is 2.13. The minimum Gasteiger partial charge on any atom is -0.490 e. The number of Topliss-reactive ketones (excluding diaryl/α,β-unsaturated/α-hetero) is 1. The molecule has 1 aliphatic rings. The molecular formula is C7H10O2. The highest BCUT2D eigenvalue weighted by atomic mass is 16.5. The molecule has 1 rings (SSSR count). The number of allylic oxidation sites excluding steroid dienone is 2. The molecule has 0 N–H and O–H groups in total. The Labute approximate surface area is 54.5 Å². The Morgan fingerprint density at radius 3 is 3.00 bits per heavy atom. The summed E-state index contributed by atoms with van der Waals surface area (Å²) in [4.78, 5) is 10.8. The van der Waals surface area contributed by atoms with Crippen LogP contribution < -0.4 is 0 Å². The van der Waals surface area contributed by atoms with Gasteiger partial charge in [0.05, 0.1) is 6.61 Å². The Morgan fingerprint density at radius 2 is 2.56 bits per heavy atom. The van der Waals surface area contributed by atoms with E-state index < -0.39 is 0 Å². The number of ketones is 1. The van der Waals surface area contributed by atoms with E-state index in [-0.39, 0.29) is 5.78 Å². The zero-order chi connectivity index (χ0) is 6.69. The second-order valence-corrected chi connectivity index (χ2v) is 1.96. The van der Waals surface area contributed by atoms with Crippen molar-refractivity contribution in [3.63, 3.8) is 0 Å². The molecule has 0 aromatic heterocycles. The van der Waals surface area contributed by atoms with Crippen LogP contribution in [-0.2, 0) is 9.53 Å². The van der Waals surface area contributed by atoms with Crippen LogP contribution in [0, 0.1) is 0 Å². The van der Waals surface area contributed by atoms with E-state index in [0.717, 1.165) is 6.42 Å². The molecule has 2 heteroatoms. The van der Waals surface area contributed by atoms with Crippen molar-refractivity contribution in [3.05, 3.63) is 11.8 Å². The normalized spacial score (nSPS) is 17.9. The summed E-state index contributed by atoms with van der Waals surface area (Å²) < 4.78 is 5.03. The zero-order valence-electron chi connectivity index (χ0n) is 5.52. The molecule has 0 amide bonds. The summed E-state index contributed by atoms with van der Waals surface area (Å²) in [5.41, 5.74) is 0. The van der Waals surface area contributed by atoms with E-state index in [0.29, 0.717) is 18.8 Å². The first kappa shape index (κ1) is 6.33. The lowest BCUT2D eigenvalue weighted by atomic mass is 10.3. The summed E-state index contributed by atoms with van der Waals surface area (Å²) in [5.74, 6) is 0.717. The van der Waals surface area contributed by atoms with Gasteiger partial charge in [0.2, 0.25) is 0 Å².